The second-order valence-electron chi connectivity index (χ2n) is 3.62. The van der Waals surface area contributed by atoms with Crippen LogP contribution in [0.3, 0.4) is 0 Å². The lowest BCUT2D eigenvalue weighted by Crippen LogP contribution is -1.98. The van der Waals surface area contributed by atoms with Crippen molar-refractivity contribution in [1.29, 1.82) is 0 Å². The number of imidazole rings is 1. The van der Waals surface area contributed by atoms with Crippen LogP contribution in [0.1, 0.15) is 32.4 Å². The van der Waals surface area contributed by atoms with Gasteiger partial charge in [0.05, 0.1) is 12.0 Å². The van der Waals surface area contributed by atoms with Crippen LogP contribution in [0.5, 0.6) is 0 Å². The number of nitrogens with zero attached hydrogens (tertiary/aromatic N) is 4. The smallest absolute Gasteiger partial charge is 0.163 e. The molecule has 2 rings (SSSR count). The molecule has 0 unspecified atom stereocenters. The molecule has 0 amide bonds. The second kappa shape index (κ2) is 3.36. The zero-order chi connectivity index (χ0) is 10.1. The molecule has 0 N–H and O–H groups in total. The average Bonchev–Trinajstić information content (AvgIpc) is 2.59. The van der Waals surface area contributed by atoms with Crippen LogP contribution < -0.4 is 0 Å². The van der Waals surface area contributed by atoms with Crippen molar-refractivity contribution in [2.75, 3.05) is 0 Å². The number of fused-ring (bicyclic) bond motifs is 1. The molecule has 4 nitrogen and oxygen atoms in total. The molecule has 0 aliphatic rings. The van der Waals surface area contributed by atoms with Crippen LogP contribution in [0.25, 0.3) is 11.2 Å². The van der Waals surface area contributed by atoms with E-state index in [1.807, 2.05) is 10.9 Å². The monoisotopic (exact) mass is 190 g/mol. The molecular weight excluding hydrogens is 176 g/mol. The summed E-state index contributed by atoms with van der Waals surface area (Å²) in [4.78, 5) is 12.9. The maximum atomic E-state index is 4.35. The van der Waals surface area contributed by atoms with Crippen LogP contribution in [0.4, 0.5) is 0 Å². The van der Waals surface area contributed by atoms with Crippen LogP contribution in [-0.4, -0.2) is 19.5 Å². The lowest BCUT2D eigenvalue weighted by atomic mass is 10.1. The molecule has 0 radical (unpaired) electrons. The third-order valence-electron chi connectivity index (χ3n) is 2.32. The SMILES string of the molecule is CCn1cnc2c(C(C)C)ncnc21. The highest BCUT2D eigenvalue weighted by molar-refractivity contribution is 5.73. The Balaban J connectivity index is 2.70. The number of hydrogen-bond donors (Lipinski definition) is 0. The molecule has 74 valence electrons. The first-order valence-electron chi connectivity index (χ1n) is 4.89. The topological polar surface area (TPSA) is 43.6 Å². The first kappa shape index (κ1) is 9.12. The first-order valence-corrected chi connectivity index (χ1v) is 4.89. The van der Waals surface area contributed by atoms with Crippen LogP contribution in [0.2, 0.25) is 0 Å². The van der Waals surface area contributed by atoms with Gasteiger partial charge in [-0.2, -0.15) is 0 Å². The first-order chi connectivity index (χ1) is 6.74. The summed E-state index contributed by atoms with van der Waals surface area (Å²) in [5, 5.41) is 0. The van der Waals surface area contributed by atoms with Crippen LogP contribution >= 0.6 is 0 Å². The maximum Gasteiger partial charge on any atom is 0.163 e. The Morgan fingerprint density at radius 2 is 2.07 bits per heavy atom. The van der Waals surface area contributed by atoms with E-state index in [9.17, 15) is 0 Å². The lowest BCUT2D eigenvalue weighted by Gasteiger charge is -2.04. The van der Waals surface area contributed by atoms with Crippen molar-refractivity contribution in [2.24, 2.45) is 0 Å². The second-order valence-corrected chi connectivity index (χ2v) is 3.62. The van der Waals surface area contributed by atoms with E-state index < -0.39 is 0 Å². The number of hydrogen-bond acceptors (Lipinski definition) is 3. The highest BCUT2D eigenvalue weighted by Crippen LogP contribution is 2.19. The van der Waals surface area contributed by atoms with Gasteiger partial charge in [-0.05, 0) is 12.8 Å². The molecule has 2 aromatic rings. The summed E-state index contributed by atoms with van der Waals surface area (Å²) < 4.78 is 2.03. The van der Waals surface area contributed by atoms with Gasteiger partial charge in [-0.1, -0.05) is 13.8 Å². The number of rotatable bonds is 2. The zero-order valence-electron chi connectivity index (χ0n) is 8.73. The summed E-state index contributed by atoms with van der Waals surface area (Å²) in [6.45, 7) is 7.21. The van der Waals surface area contributed by atoms with E-state index in [0.29, 0.717) is 5.92 Å². The van der Waals surface area contributed by atoms with Crippen molar-refractivity contribution in [3.05, 3.63) is 18.3 Å². The van der Waals surface area contributed by atoms with Crippen LogP contribution in [0.15, 0.2) is 12.7 Å². The highest BCUT2D eigenvalue weighted by Gasteiger charge is 2.11. The lowest BCUT2D eigenvalue weighted by molar-refractivity contribution is 0.774. The van der Waals surface area contributed by atoms with Crippen molar-refractivity contribution < 1.29 is 0 Å². The molecule has 0 saturated heterocycles. The molecule has 0 aliphatic carbocycles. The third-order valence-corrected chi connectivity index (χ3v) is 2.32. The van der Waals surface area contributed by atoms with E-state index in [-0.39, 0.29) is 0 Å². The summed E-state index contributed by atoms with van der Waals surface area (Å²) in [6.07, 6.45) is 3.44. The van der Waals surface area contributed by atoms with Gasteiger partial charge in [0.15, 0.2) is 5.65 Å². The van der Waals surface area contributed by atoms with Crippen molar-refractivity contribution >= 4 is 11.2 Å². The van der Waals surface area contributed by atoms with Gasteiger partial charge in [0.2, 0.25) is 0 Å². The molecule has 0 bridgehead atoms. The molecule has 0 spiro atoms. The fraction of sp³-hybridized carbons (Fsp3) is 0.500. The minimum Gasteiger partial charge on any atom is -0.315 e. The molecule has 2 aromatic heterocycles. The molecule has 0 atom stereocenters. The van der Waals surface area contributed by atoms with Crippen molar-refractivity contribution in [1.82, 2.24) is 19.5 Å². The molecule has 0 aromatic carbocycles. The summed E-state index contributed by atoms with van der Waals surface area (Å²) in [7, 11) is 0. The van der Waals surface area contributed by atoms with Gasteiger partial charge in [-0.15, -0.1) is 0 Å². The fourth-order valence-corrected chi connectivity index (χ4v) is 1.55. The van der Waals surface area contributed by atoms with Crippen molar-refractivity contribution in [3.63, 3.8) is 0 Å². The molecule has 4 heteroatoms. The average molecular weight is 190 g/mol. The van der Waals surface area contributed by atoms with Crippen molar-refractivity contribution in [2.45, 2.75) is 33.2 Å². The molecule has 0 aliphatic heterocycles. The molecule has 14 heavy (non-hydrogen) atoms. The fourth-order valence-electron chi connectivity index (χ4n) is 1.55. The van der Waals surface area contributed by atoms with Gasteiger partial charge in [-0.3, -0.25) is 0 Å². The standard InChI is InChI=1S/C10H14N4/c1-4-14-6-13-9-8(7(2)3)11-5-12-10(9)14/h5-7H,4H2,1-3H3. The van der Waals surface area contributed by atoms with Crippen LogP contribution in [0, 0.1) is 0 Å². The summed E-state index contributed by atoms with van der Waals surface area (Å²) in [6, 6.07) is 0. The third kappa shape index (κ3) is 1.27. The molecular formula is C10H14N4. The van der Waals surface area contributed by atoms with E-state index >= 15 is 0 Å². The van der Waals surface area contributed by atoms with E-state index in [1.165, 1.54) is 0 Å². The Labute approximate surface area is 83.0 Å². The summed E-state index contributed by atoms with van der Waals surface area (Å²) >= 11 is 0. The molecule has 0 saturated carbocycles. The van der Waals surface area contributed by atoms with Crippen LogP contribution in [-0.2, 0) is 6.54 Å². The molecule has 2 heterocycles. The van der Waals surface area contributed by atoms with E-state index in [1.54, 1.807) is 6.33 Å². The van der Waals surface area contributed by atoms with Gasteiger partial charge in [0.25, 0.3) is 0 Å². The normalized spacial score (nSPS) is 11.4. The summed E-state index contributed by atoms with van der Waals surface area (Å²) in [5.41, 5.74) is 2.90. The Bertz CT molecular complexity index is 444. The minimum atomic E-state index is 0.390. The number of aryl methyl sites for hydroxylation is 1. The van der Waals surface area contributed by atoms with E-state index in [4.69, 9.17) is 0 Å². The molecule has 0 fully saturated rings. The number of aromatic nitrogens is 4. The van der Waals surface area contributed by atoms with Gasteiger partial charge < -0.3 is 4.57 Å². The van der Waals surface area contributed by atoms with E-state index in [0.717, 1.165) is 23.4 Å². The van der Waals surface area contributed by atoms with Gasteiger partial charge >= 0.3 is 0 Å². The van der Waals surface area contributed by atoms with Crippen molar-refractivity contribution in [3.8, 4) is 0 Å². The predicted molar refractivity (Wildman–Crippen MR) is 55.1 cm³/mol. The zero-order valence-corrected chi connectivity index (χ0v) is 8.73. The van der Waals surface area contributed by atoms with Gasteiger partial charge in [0, 0.05) is 6.54 Å². The summed E-state index contributed by atoms with van der Waals surface area (Å²) in [5.74, 6) is 0.390. The van der Waals surface area contributed by atoms with E-state index in [2.05, 4.69) is 35.7 Å². The largest absolute Gasteiger partial charge is 0.315 e. The van der Waals surface area contributed by atoms with Gasteiger partial charge in [0.1, 0.15) is 11.8 Å². The Kier molecular flexibility index (Phi) is 2.19. The predicted octanol–water partition coefficient (Wildman–Crippen LogP) is 1.97. The van der Waals surface area contributed by atoms with Gasteiger partial charge in [-0.25, -0.2) is 15.0 Å². The maximum absolute atomic E-state index is 4.35. The quantitative estimate of drug-likeness (QED) is 0.727. The minimum absolute atomic E-state index is 0.390. The highest BCUT2D eigenvalue weighted by atomic mass is 15.1. The Morgan fingerprint density at radius 3 is 2.71 bits per heavy atom. The Hall–Kier alpha value is -1.45. The Morgan fingerprint density at radius 1 is 1.29 bits per heavy atom.